The summed E-state index contributed by atoms with van der Waals surface area (Å²) in [5.41, 5.74) is 0.295. The molecule has 0 aromatic heterocycles. The zero-order valence-corrected chi connectivity index (χ0v) is 13.8. The largest absolute Gasteiger partial charge is 0.497 e. The number of ether oxygens (including phenoxy) is 1. The number of benzene rings is 1. The minimum atomic E-state index is -0.485. The first-order chi connectivity index (χ1) is 11.1. The van der Waals surface area contributed by atoms with Gasteiger partial charge in [-0.05, 0) is 43.5 Å². The van der Waals surface area contributed by atoms with Gasteiger partial charge in [-0.15, -0.1) is 0 Å². The number of aliphatic hydroxyl groups is 1. The van der Waals surface area contributed by atoms with Gasteiger partial charge >= 0.3 is 0 Å². The van der Waals surface area contributed by atoms with Crippen LogP contribution in [-0.2, 0) is 4.79 Å². The molecule has 2 atom stereocenters. The van der Waals surface area contributed by atoms with Crippen molar-refractivity contribution < 1.29 is 14.6 Å². The Morgan fingerprint density at radius 2 is 2.13 bits per heavy atom. The minimum Gasteiger partial charge on any atom is -0.497 e. The van der Waals surface area contributed by atoms with Crippen molar-refractivity contribution in [2.45, 2.75) is 37.7 Å². The summed E-state index contributed by atoms with van der Waals surface area (Å²) in [6.07, 6.45) is 5.11. The monoisotopic (exact) mass is 318 g/mol. The van der Waals surface area contributed by atoms with Crippen molar-refractivity contribution in [3.63, 3.8) is 0 Å². The van der Waals surface area contributed by atoms with Crippen LogP contribution in [0.1, 0.15) is 32.1 Å². The number of rotatable bonds is 4. The lowest BCUT2D eigenvalue weighted by Gasteiger charge is -2.47. The quantitative estimate of drug-likeness (QED) is 0.894. The SMILES string of the molecule is COc1ccc(NC(=O)CN2CC[C@@]3(O)CCCC[C@H]3C2)cc1. The Hall–Kier alpha value is -1.59. The summed E-state index contributed by atoms with van der Waals surface area (Å²) in [6, 6.07) is 7.34. The number of hydrogen-bond donors (Lipinski definition) is 2. The Morgan fingerprint density at radius 3 is 2.87 bits per heavy atom. The van der Waals surface area contributed by atoms with Crippen molar-refractivity contribution in [2.75, 3.05) is 32.1 Å². The van der Waals surface area contributed by atoms with E-state index >= 15 is 0 Å². The molecule has 0 unspecified atom stereocenters. The lowest BCUT2D eigenvalue weighted by Crippen LogP contribution is -2.54. The molecular formula is C18H26N2O3. The maximum absolute atomic E-state index is 12.2. The molecule has 23 heavy (non-hydrogen) atoms. The molecule has 0 spiro atoms. The molecule has 1 aromatic rings. The van der Waals surface area contributed by atoms with Crippen LogP contribution in [0.15, 0.2) is 24.3 Å². The van der Waals surface area contributed by atoms with Crippen molar-refractivity contribution in [1.82, 2.24) is 4.90 Å². The van der Waals surface area contributed by atoms with Crippen molar-refractivity contribution in [1.29, 1.82) is 0 Å². The fourth-order valence-corrected chi connectivity index (χ4v) is 3.86. The number of likely N-dealkylation sites (tertiary alicyclic amines) is 1. The number of methoxy groups -OCH3 is 1. The Balaban J connectivity index is 1.52. The lowest BCUT2D eigenvalue weighted by molar-refractivity contribution is -0.123. The summed E-state index contributed by atoms with van der Waals surface area (Å²) >= 11 is 0. The van der Waals surface area contributed by atoms with Crippen molar-refractivity contribution in [3.05, 3.63) is 24.3 Å². The summed E-state index contributed by atoms with van der Waals surface area (Å²) in [5.74, 6) is 1.09. The van der Waals surface area contributed by atoms with Gasteiger partial charge in [-0.3, -0.25) is 9.69 Å². The first-order valence-corrected chi connectivity index (χ1v) is 8.48. The second-order valence-electron chi connectivity index (χ2n) is 6.81. The van der Waals surface area contributed by atoms with E-state index in [2.05, 4.69) is 10.2 Å². The highest BCUT2D eigenvalue weighted by atomic mass is 16.5. The van der Waals surface area contributed by atoms with Gasteiger partial charge < -0.3 is 15.2 Å². The van der Waals surface area contributed by atoms with Gasteiger partial charge in [0.1, 0.15) is 5.75 Å². The first-order valence-electron chi connectivity index (χ1n) is 8.48. The van der Waals surface area contributed by atoms with Gasteiger partial charge in [-0.25, -0.2) is 0 Å². The Kier molecular flexibility index (Phi) is 4.87. The van der Waals surface area contributed by atoms with Crippen LogP contribution in [0.2, 0.25) is 0 Å². The molecule has 2 fully saturated rings. The molecule has 0 bridgehead atoms. The molecule has 1 amide bonds. The minimum absolute atomic E-state index is 0.00332. The average Bonchev–Trinajstić information content (AvgIpc) is 2.55. The van der Waals surface area contributed by atoms with Crippen LogP contribution in [-0.4, -0.2) is 48.3 Å². The lowest BCUT2D eigenvalue weighted by atomic mass is 9.71. The fourth-order valence-electron chi connectivity index (χ4n) is 3.86. The standard InChI is InChI=1S/C18H26N2O3/c1-23-16-7-5-15(6-8-16)19-17(21)13-20-11-10-18(22)9-3-2-4-14(18)12-20/h5-8,14,22H,2-4,9-13H2,1H3,(H,19,21)/t14-,18-/m0/s1. The van der Waals surface area contributed by atoms with Crippen LogP contribution in [0, 0.1) is 5.92 Å². The van der Waals surface area contributed by atoms with E-state index in [1.165, 1.54) is 6.42 Å². The molecule has 5 nitrogen and oxygen atoms in total. The number of anilines is 1. The molecule has 0 radical (unpaired) electrons. The van der Waals surface area contributed by atoms with E-state index in [1.807, 2.05) is 24.3 Å². The van der Waals surface area contributed by atoms with E-state index in [0.29, 0.717) is 12.5 Å². The number of fused-ring (bicyclic) bond motifs is 1. The van der Waals surface area contributed by atoms with Gasteiger partial charge in [0.15, 0.2) is 0 Å². The zero-order valence-electron chi connectivity index (χ0n) is 13.8. The molecule has 2 N–H and O–H groups in total. The zero-order chi connectivity index (χ0) is 16.3. The predicted molar refractivity (Wildman–Crippen MR) is 89.6 cm³/mol. The number of nitrogens with zero attached hydrogens (tertiary/aromatic N) is 1. The number of hydrogen-bond acceptors (Lipinski definition) is 4. The third-order valence-corrected chi connectivity index (χ3v) is 5.25. The number of nitrogens with one attached hydrogen (secondary N) is 1. The van der Waals surface area contributed by atoms with E-state index in [1.54, 1.807) is 7.11 Å². The number of piperidine rings is 1. The Labute approximate surface area is 137 Å². The molecule has 1 saturated carbocycles. The Morgan fingerprint density at radius 1 is 1.35 bits per heavy atom. The second kappa shape index (κ2) is 6.89. The summed E-state index contributed by atoms with van der Waals surface area (Å²) in [5, 5.41) is 13.6. The van der Waals surface area contributed by atoms with Crippen LogP contribution < -0.4 is 10.1 Å². The van der Waals surface area contributed by atoms with Crippen molar-refractivity contribution in [3.8, 4) is 5.75 Å². The smallest absolute Gasteiger partial charge is 0.238 e. The van der Waals surface area contributed by atoms with Gasteiger partial charge in [-0.1, -0.05) is 12.8 Å². The topological polar surface area (TPSA) is 61.8 Å². The van der Waals surface area contributed by atoms with Gasteiger partial charge in [0, 0.05) is 24.7 Å². The number of carbonyl (C=O) groups is 1. The molecule has 1 aromatic carbocycles. The molecule has 1 aliphatic heterocycles. The van der Waals surface area contributed by atoms with Crippen LogP contribution in [0.25, 0.3) is 0 Å². The fraction of sp³-hybridized carbons (Fsp3) is 0.611. The van der Waals surface area contributed by atoms with Crippen LogP contribution in [0.5, 0.6) is 5.75 Å². The van der Waals surface area contributed by atoms with E-state index < -0.39 is 5.60 Å². The molecule has 1 heterocycles. The highest BCUT2D eigenvalue weighted by molar-refractivity contribution is 5.92. The van der Waals surface area contributed by atoms with Gasteiger partial charge in [0.05, 0.1) is 19.3 Å². The molecule has 3 rings (SSSR count). The summed E-state index contributed by atoms with van der Waals surface area (Å²) in [7, 11) is 1.62. The second-order valence-corrected chi connectivity index (χ2v) is 6.81. The molecular weight excluding hydrogens is 292 g/mol. The van der Waals surface area contributed by atoms with E-state index in [4.69, 9.17) is 4.74 Å². The van der Waals surface area contributed by atoms with Gasteiger partial charge in [0.2, 0.25) is 5.91 Å². The number of carbonyl (C=O) groups excluding carboxylic acids is 1. The van der Waals surface area contributed by atoms with Gasteiger partial charge in [0.25, 0.3) is 0 Å². The van der Waals surface area contributed by atoms with Crippen LogP contribution in [0.4, 0.5) is 5.69 Å². The van der Waals surface area contributed by atoms with Gasteiger partial charge in [-0.2, -0.15) is 0 Å². The van der Waals surface area contributed by atoms with E-state index in [0.717, 1.165) is 50.2 Å². The maximum atomic E-state index is 12.2. The Bertz CT molecular complexity index is 546. The normalized spacial score (nSPS) is 28.0. The maximum Gasteiger partial charge on any atom is 0.238 e. The van der Waals surface area contributed by atoms with E-state index in [-0.39, 0.29) is 5.91 Å². The molecule has 1 aliphatic carbocycles. The third kappa shape index (κ3) is 3.85. The summed E-state index contributed by atoms with van der Waals surface area (Å²) in [6.45, 7) is 2.01. The van der Waals surface area contributed by atoms with Crippen LogP contribution >= 0.6 is 0 Å². The number of amides is 1. The summed E-state index contributed by atoms with van der Waals surface area (Å²) in [4.78, 5) is 14.4. The van der Waals surface area contributed by atoms with Crippen molar-refractivity contribution >= 4 is 11.6 Å². The van der Waals surface area contributed by atoms with E-state index in [9.17, 15) is 9.90 Å². The molecule has 1 saturated heterocycles. The highest BCUT2D eigenvalue weighted by Gasteiger charge is 2.42. The highest BCUT2D eigenvalue weighted by Crippen LogP contribution is 2.39. The summed E-state index contributed by atoms with van der Waals surface area (Å²) < 4.78 is 5.11. The third-order valence-electron chi connectivity index (χ3n) is 5.25. The predicted octanol–water partition coefficient (Wildman–Crippen LogP) is 2.26. The molecule has 2 aliphatic rings. The first kappa shape index (κ1) is 16.3. The van der Waals surface area contributed by atoms with Crippen LogP contribution in [0.3, 0.4) is 0 Å². The van der Waals surface area contributed by atoms with Crippen molar-refractivity contribution in [2.24, 2.45) is 5.92 Å². The average molecular weight is 318 g/mol. The molecule has 5 heteroatoms. The molecule has 126 valence electrons.